The molecule has 0 saturated heterocycles. The van der Waals surface area contributed by atoms with Crippen LogP contribution in [0.1, 0.15) is 53.4 Å². The van der Waals surface area contributed by atoms with Gasteiger partial charge in [-0.05, 0) is 61.7 Å². The molecule has 1 spiro atoms. The van der Waals surface area contributed by atoms with Gasteiger partial charge in [-0.1, -0.05) is 20.8 Å². The predicted octanol–water partition coefficient (Wildman–Crippen LogP) is 3.67. The standard InChI is InChI=1S/C15H24O/c1-9-10(2)15-6-5-12(8-15)7-13(15)14(9,4)11(3)16/h9-10,12-13H,5-8H2,1-4H3/t9?,10?,12?,13?,14-,15?/m0/s1. The molecule has 2 bridgehead atoms. The van der Waals surface area contributed by atoms with E-state index >= 15 is 0 Å². The third kappa shape index (κ3) is 0.926. The largest absolute Gasteiger partial charge is 0.299 e. The minimum absolute atomic E-state index is 0.0193. The Bertz CT molecular complexity index is 347. The molecular weight excluding hydrogens is 196 g/mol. The molecule has 1 nitrogen and oxygen atoms in total. The van der Waals surface area contributed by atoms with Crippen molar-refractivity contribution >= 4 is 5.78 Å². The van der Waals surface area contributed by atoms with E-state index < -0.39 is 0 Å². The lowest BCUT2D eigenvalue weighted by atomic mass is 9.65. The van der Waals surface area contributed by atoms with Crippen LogP contribution >= 0.6 is 0 Å². The van der Waals surface area contributed by atoms with E-state index in [0.29, 0.717) is 23.0 Å². The SMILES string of the molecule is CC(=O)[C@]1(C)C(C)C(C)C23CCC(CC21)C3. The van der Waals surface area contributed by atoms with E-state index in [9.17, 15) is 4.79 Å². The van der Waals surface area contributed by atoms with E-state index in [1.165, 1.54) is 25.7 Å². The molecule has 0 aromatic carbocycles. The third-order valence-electron chi connectivity index (χ3n) is 7.03. The summed E-state index contributed by atoms with van der Waals surface area (Å²) in [5.41, 5.74) is 0.527. The number of carbonyl (C=O) groups excluding carboxylic acids is 1. The average Bonchev–Trinajstić information content (AvgIpc) is 2.87. The van der Waals surface area contributed by atoms with Gasteiger partial charge < -0.3 is 0 Å². The second-order valence-electron chi connectivity index (χ2n) is 7.05. The van der Waals surface area contributed by atoms with Crippen LogP contribution in [0.25, 0.3) is 0 Å². The van der Waals surface area contributed by atoms with Crippen LogP contribution in [0, 0.1) is 34.5 Å². The van der Waals surface area contributed by atoms with Crippen molar-refractivity contribution in [3.05, 3.63) is 0 Å². The van der Waals surface area contributed by atoms with Crippen molar-refractivity contribution in [1.29, 1.82) is 0 Å². The fourth-order valence-corrected chi connectivity index (χ4v) is 5.77. The number of rotatable bonds is 1. The molecule has 0 aromatic heterocycles. The minimum atomic E-state index is -0.0193. The molecule has 0 heterocycles. The summed E-state index contributed by atoms with van der Waals surface area (Å²) in [7, 11) is 0. The summed E-state index contributed by atoms with van der Waals surface area (Å²) < 4.78 is 0. The lowest BCUT2D eigenvalue weighted by Gasteiger charge is -2.37. The van der Waals surface area contributed by atoms with Crippen LogP contribution in [0.3, 0.4) is 0 Å². The van der Waals surface area contributed by atoms with Crippen LogP contribution in [0.15, 0.2) is 0 Å². The number of fused-ring (bicyclic) bond motifs is 1. The summed E-state index contributed by atoms with van der Waals surface area (Å²) >= 11 is 0. The molecule has 90 valence electrons. The fourth-order valence-electron chi connectivity index (χ4n) is 5.77. The summed E-state index contributed by atoms with van der Waals surface area (Å²) in [4.78, 5) is 12.1. The molecule has 3 saturated carbocycles. The molecule has 3 fully saturated rings. The van der Waals surface area contributed by atoms with Gasteiger partial charge in [-0.3, -0.25) is 4.79 Å². The molecule has 5 unspecified atom stereocenters. The van der Waals surface area contributed by atoms with E-state index in [0.717, 1.165) is 11.8 Å². The maximum absolute atomic E-state index is 12.1. The molecule has 0 N–H and O–H groups in total. The Morgan fingerprint density at radius 3 is 2.50 bits per heavy atom. The van der Waals surface area contributed by atoms with Crippen LogP contribution in [0.5, 0.6) is 0 Å². The van der Waals surface area contributed by atoms with E-state index in [-0.39, 0.29) is 5.41 Å². The number of Topliss-reactive ketones (excluding diaryl/α,β-unsaturated/α-hetero) is 1. The molecule has 3 aliphatic rings. The van der Waals surface area contributed by atoms with E-state index in [1.807, 2.05) is 6.92 Å². The Hall–Kier alpha value is -0.330. The first-order valence-corrected chi connectivity index (χ1v) is 6.94. The van der Waals surface area contributed by atoms with Crippen LogP contribution in [-0.2, 0) is 4.79 Å². The van der Waals surface area contributed by atoms with Crippen LogP contribution in [-0.4, -0.2) is 5.78 Å². The molecular formula is C15H24O. The van der Waals surface area contributed by atoms with Crippen molar-refractivity contribution < 1.29 is 4.79 Å². The molecule has 1 heteroatoms. The highest BCUT2D eigenvalue weighted by atomic mass is 16.1. The first-order chi connectivity index (χ1) is 7.43. The first-order valence-electron chi connectivity index (χ1n) is 6.94. The van der Waals surface area contributed by atoms with Crippen LogP contribution in [0.4, 0.5) is 0 Å². The number of ketones is 1. The smallest absolute Gasteiger partial charge is 0.136 e. The maximum Gasteiger partial charge on any atom is 0.136 e. The summed E-state index contributed by atoms with van der Waals surface area (Å²) in [5, 5.41) is 0. The van der Waals surface area contributed by atoms with Gasteiger partial charge in [0.1, 0.15) is 5.78 Å². The molecule has 0 radical (unpaired) electrons. The molecule has 0 amide bonds. The second-order valence-corrected chi connectivity index (χ2v) is 7.05. The first kappa shape index (κ1) is 10.8. The third-order valence-corrected chi connectivity index (χ3v) is 7.03. The van der Waals surface area contributed by atoms with Gasteiger partial charge in [-0.2, -0.15) is 0 Å². The number of hydrogen-bond acceptors (Lipinski definition) is 1. The van der Waals surface area contributed by atoms with Crippen molar-refractivity contribution in [1.82, 2.24) is 0 Å². The Morgan fingerprint density at radius 2 is 1.94 bits per heavy atom. The Kier molecular flexibility index (Phi) is 1.97. The quantitative estimate of drug-likeness (QED) is 0.659. The fraction of sp³-hybridized carbons (Fsp3) is 0.933. The lowest BCUT2D eigenvalue weighted by Crippen LogP contribution is -2.37. The monoisotopic (exact) mass is 220 g/mol. The minimum Gasteiger partial charge on any atom is -0.299 e. The van der Waals surface area contributed by atoms with Gasteiger partial charge in [0.15, 0.2) is 0 Å². The van der Waals surface area contributed by atoms with Gasteiger partial charge in [0.05, 0.1) is 0 Å². The van der Waals surface area contributed by atoms with Gasteiger partial charge in [0.2, 0.25) is 0 Å². The Morgan fingerprint density at radius 1 is 1.25 bits per heavy atom. The molecule has 0 aliphatic heterocycles. The zero-order valence-corrected chi connectivity index (χ0v) is 11.0. The summed E-state index contributed by atoms with van der Waals surface area (Å²) in [6, 6.07) is 0. The Balaban J connectivity index is 2.09. The molecule has 3 aliphatic carbocycles. The van der Waals surface area contributed by atoms with Crippen molar-refractivity contribution in [3.63, 3.8) is 0 Å². The Labute approximate surface area is 99.0 Å². The van der Waals surface area contributed by atoms with Crippen molar-refractivity contribution in [2.24, 2.45) is 34.5 Å². The van der Waals surface area contributed by atoms with Gasteiger partial charge >= 0.3 is 0 Å². The van der Waals surface area contributed by atoms with Gasteiger partial charge in [0, 0.05) is 5.41 Å². The van der Waals surface area contributed by atoms with Gasteiger partial charge in [-0.15, -0.1) is 0 Å². The van der Waals surface area contributed by atoms with Gasteiger partial charge in [0.25, 0.3) is 0 Å². The van der Waals surface area contributed by atoms with E-state index in [4.69, 9.17) is 0 Å². The van der Waals surface area contributed by atoms with E-state index in [1.54, 1.807) is 0 Å². The zero-order valence-electron chi connectivity index (χ0n) is 11.0. The highest BCUT2D eigenvalue weighted by Gasteiger charge is 2.69. The summed E-state index contributed by atoms with van der Waals surface area (Å²) in [6.45, 7) is 8.83. The van der Waals surface area contributed by atoms with Crippen LogP contribution < -0.4 is 0 Å². The highest BCUT2D eigenvalue weighted by Crippen LogP contribution is 2.74. The number of carbonyl (C=O) groups is 1. The maximum atomic E-state index is 12.1. The highest BCUT2D eigenvalue weighted by molar-refractivity contribution is 5.83. The molecule has 6 atom stereocenters. The molecule has 16 heavy (non-hydrogen) atoms. The predicted molar refractivity (Wildman–Crippen MR) is 65.0 cm³/mol. The van der Waals surface area contributed by atoms with Crippen molar-refractivity contribution in [2.45, 2.75) is 53.4 Å². The average molecular weight is 220 g/mol. The van der Waals surface area contributed by atoms with Crippen molar-refractivity contribution in [3.8, 4) is 0 Å². The molecule has 3 rings (SSSR count). The second kappa shape index (κ2) is 2.91. The summed E-state index contributed by atoms with van der Waals surface area (Å²) in [5.74, 6) is 3.41. The normalized spacial score (nSPS) is 59.0. The van der Waals surface area contributed by atoms with Crippen molar-refractivity contribution in [2.75, 3.05) is 0 Å². The van der Waals surface area contributed by atoms with Crippen LogP contribution in [0.2, 0.25) is 0 Å². The van der Waals surface area contributed by atoms with E-state index in [2.05, 4.69) is 20.8 Å². The summed E-state index contributed by atoms with van der Waals surface area (Å²) in [6.07, 6.45) is 5.59. The zero-order chi connectivity index (χ0) is 11.7. The lowest BCUT2D eigenvalue weighted by molar-refractivity contribution is -0.130. The molecule has 0 aromatic rings. The van der Waals surface area contributed by atoms with Gasteiger partial charge in [-0.25, -0.2) is 0 Å². The number of hydrogen-bond donors (Lipinski definition) is 0. The topological polar surface area (TPSA) is 17.1 Å².